The van der Waals surface area contributed by atoms with E-state index in [1.807, 2.05) is 27.7 Å². The van der Waals surface area contributed by atoms with Gasteiger partial charge in [0.25, 0.3) is 0 Å². The van der Waals surface area contributed by atoms with E-state index in [0.29, 0.717) is 6.42 Å². The van der Waals surface area contributed by atoms with Gasteiger partial charge in [0, 0.05) is 12.5 Å². The van der Waals surface area contributed by atoms with E-state index < -0.39 is 17.7 Å². The first kappa shape index (κ1) is 13.8. The molecule has 1 fully saturated rings. The fourth-order valence-corrected chi connectivity index (χ4v) is 2.03. The fourth-order valence-electron chi connectivity index (χ4n) is 2.03. The Morgan fingerprint density at radius 3 is 2.41 bits per heavy atom. The smallest absolute Gasteiger partial charge is 0.407 e. The zero-order valence-corrected chi connectivity index (χ0v) is 10.8. The first-order valence-corrected chi connectivity index (χ1v) is 5.90. The average Bonchev–Trinajstić information content (AvgIpc) is 2.12. The summed E-state index contributed by atoms with van der Waals surface area (Å²) in [4.78, 5) is 22.0. The molecule has 0 saturated heterocycles. The topological polar surface area (TPSA) is 75.6 Å². The van der Waals surface area contributed by atoms with Crippen molar-refractivity contribution in [1.82, 2.24) is 5.32 Å². The number of ether oxygens (including phenoxy) is 1. The summed E-state index contributed by atoms with van der Waals surface area (Å²) in [5.74, 6) is -0.427. The number of carboxylic acid groups (broad SMARTS) is 1. The summed E-state index contributed by atoms with van der Waals surface area (Å²) in [6.45, 7) is 7.39. The van der Waals surface area contributed by atoms with Crippen molar-refractivity contribution < 1.29 is 19.4 Å². The van der Waals surface area contributed by atoms with Gasteiger partial charge in [0.15, 0.2) is 0 Å². The van der Waals surface area contributed by atoms with Crippen LogP contribution in [-0.2, 0) is 9.53 Å². The Labute approximate surface area is 102 Å². The molecule has 0 bridgehead atoms. The maximum absolute atomic E-state index is 11.5. The Morgan fingerprint density at radius 2 is 2.00 bits per heavy atom. The highest BCUT2D eigenvalue weighted by Crippen LogP contribution is 2.36. The molecule has 98 valence electrons. The number of alkyl carbamates (subject to hydrolysis) is 1. The first-order valence-electron chi connectivity index (χ1n) is 5.90. The molecule has 3 atom stereocenters. The molecule has 1 amide bonds. The molecule has 0 aromatic heterocycles. The normalized spacial score (nSPS) is 28.1. The monoisotopic (exact) mass is 243 g/mol. The lowest BCUT2D eigenvalue weighted by Crippen LogP contribution is -2.52. The first-order chi connectivity index (χ1) is 7.69. The summed E-state index contributed by atoms with van der Waals surface area (Å²) in [6.07, 6.45) is 0.462. The van der Waals surface area contributed by atoms with Crippen LogP contribution in [0.4, 0.5) is 4.79 Å². The molecule has 0 spiro atoms. The van der Waals surface area contributed by atoms with Gasteiger partial charge in [-0.15, -0.1) is 0 Å². The highest BCUT2D eigenvalue weighted by molar-refractivity contribution is 5.69. The molecule has 0 heterocycles. The molecule has 17 heavy (non-hydrogen) atoms. The van der Waals surface area contributed by atoms with E-state index in [2.05, 4.69) is 5.32 Å². The molecular weight excluding hydrogens is 222 g/mol. The van der Waals surface area contributed by atoms with Crippen molar-refractivity contribution in [2.75, 3.05) is 0 Å². The van der Waals surface area contributed by atoms with E-state index >= 15 is 0 Å². The number of hydrogen-bond donors (Lipinski definition) is 2. The lowest BCUT2D eigenvalue weighted by atomic mass is 9.69. The SMILES string of the molecule is CC1C(CC(=O)O)CC1NC(=O)OC(C)(C)C. The largest absolute Gasteiger partial charge is 0.481 e. The van der Waals surface area contributed by atoms with E-state index in [9.17, 15) is 9.59 Å². The van der Waals surface area contributed by atoms with E-state index in [1.165, 1.54) is 0 Å². The Morgan fingerprint density at radius 1 is 1.41 bits per heavy atom. The third kappa shape index (κ3) is 4.24. The Balaban J connectivity index is 2.32. The van der Waals surface area contributed by atoms with Gasteiger partial charge in [-0.1, -0.05) is 6.92 Å². The van der Waals surface area contributed by atoms with Gasteiger partial charge in [0.05, 0.1) is 0 Å². The van der Waals surface area contributed by atoms with Gasteiger partial charge < -0.3 is 15.2 Å². The number of carbonyl (C=O) groups excluding carboxylic acids is 1. The summed E-state index contributed by atoms with van der Waals surface area (Å²) in [5, 5.41) is 11.4. The van der Waals surface area contributed by atoms with Crippen LogP contribution in [0.25, 0.3) is 0 Å². The van der Waals surface area contributed by atoms with Crippen molar-refractivity contribution >= 4 is 12.1 Å². The molecule has 0 aromatic rings. The second kappa shape index (κ2) is 4.94. The van der Waals surface area contributed by atoms with Gasteiger partial charge >= 0.3 is 12.1 Å². The number of hydrogen-bond acceptors (Lipinski definition) is 3. The molecule has 3 unspecified atom stereocenters. The highest BCUT2D eigenvalue weighted by Gasteiger charge is 2.40. The number of nitrogens with one attached hydrogen (secondary N) is 1. The van der Waals surface area contributed by atoms with Crippen LogP contribution in [0.15, 0.2) is 0 Å². The summed E-state index contributed by atoms with van der Waals surface area (Å²) in [5.41, 5.74) is -0.502. The van der Waals surface area contributed by atoms with Gasteiger partial charge in [-0.05, 0) is 39.0 Å². The zero-order chi connectivity index (χ0) is 13.2. The molecule has 5 heteroatoms. The van der Waals surface area contributed by atoms with E-state index in [1.54, 1.807) is 0 Å². The molecule has 1 saturated carbocycles. The van der Waals surface area contributed by atoms with Crippen LogP contribution in [0.5, 0.6) is 0 Å². The minimum Gasteiger partial charge on any atom is -0.481 e. The van der Waals surface area contributed by atoms with Crippen LogP contribution in [0, 0.1) is 11.8 Å². The van der Waals surface area contributed by atoms with Crippen LogP contribution in [-0.4, -0.2) is 28.8 Å². The number of amides is 1. The Hall–Kier alpha value is -1.26. The van der Waals surface area contributed by atoms with Crippen molar-refractivity contribution in [3.63, 3.8) is 0 Å². The molecule has 5 nitrogen and oxygen atoms in total. The molecule has 0 aromatic carbocycles. The van der Waals surface area contributed by atoms with Crippen LogP contribution < -0.4 is 5.32 Å². The summed E-state index contributed by atoms with van der Waals surface area (Å²) in [6, 6.07) is 0.0363. The van der Waals surface area contributed by atoms with E-state index in [-0.39, 0.29) is 24.3 Å². The van der Waals surface area contributed by atoms with Crippen molar-refractivity contribution in [3.05, 3.63) is 0 Å². The molecule has 1 rings (SSSR count). The number of carboxylic acids is 1. The third-order valence-corrected chi connectivity index (χ3v) is 3.07. The molecular formula is C12H21NO4. The highest BCUT2D eigenvalue weighted by atomic mass is 16.6. The van der Waals surface area contributed by atoms with Crippen LogP contribution in [0.3, 0.4) is 0 Å². The average molecular weight is 243 g/mol. The quantitative estimate of drug-likeness (QED) is 0.795. The lowest BCUT2D eigenvalue weighted by molar-refractivity contribution is -0.139. The predicted octanol–water partition coefficient (Wildman–Crippen LogP) is 2.01. The maximum Gasteiger partial charge on any atom is 0.407 e. The summed E-state index contributed by atoms with van der Waals surface area (Å²) in [7, 11) is 0. The third-order valence-electron chi connectivity index (χ3n) is 3.07. The van der Waals surface area contributed by atoms with Gasteiger partial charge in [-0.2, -0.15) is 0 Å². The van der Waals surface area contributed by atoms with Crippen molar-refractivity contribution in [1.29, 1.82) is 0 Å². The number of carbonyl (C=O) groups is 2. The Kier molecular flexibility index (Phi) is 4.01. The van der Waals surface area contributed by atoms with Crippen molar-refractivity contribution in [2.24, 2.45) is 11.8 Å². The molecule has 2 N–H and O–H groups in total. The van der Waals surface area contributed by atoms with Crippen LogP contribution in [0.2, 0.25) is 0 Å². The predicted molar refractivity (Wildman–Crippen MR) is 62.7 cm³/mol. The molecule has 1 aliphatic carbocycles. The van der Waals surface area contributed by atoms with Gasteiger partial charge in [0.1, 0.15) is 5.60 Å². The van der Waals surface area contributed by atoms with Crippen molar-refractivity contribution in [2.45, 2.75) is 52.2 Å². The minimum absolute atomic E-state index is 0.0363. The number of aliphatic carboxylic acids is 1. The number of rotatable bonds is 3. The zero-order valence-electron chi connectivity index (χ0n) is 10.8. The second-order valence-corrected chi connectivity index (χ2v) is 5.71. The van der Waals surface area contributed by atoms with Crippen molar-refractivity contribution in [3.8, 4) is 0 Å². The summed E-state index contributed by atoms with van der Waals surface area (Å²) >= 11 is 0. The maximum atomic E-state index is 11.5. The summed E-state index contributed by atoms with van der Waals surface area (Å²) < 4.78 is 5.14. The fraction of sp³-hybridized carbons (Fsp3) is 0.833. The standard InChI is InChI=1S/C12H21NO4/c1-7-8(6-10(14)15)5-9(7)13-11(16)17-12(2,3)4/h7-9H,5-6H2,1-4H3,(H,13,16)(H,14,15). The molecule has 0 radical (unpaired) electrons. The van der Waals surface area contributed by atoms with Crippen LogP contribution >= 0.6 is 0 Å². The lowest BCUT2D eigenvalue weighted by Gasteiger charge is -2.42. The van der Waals surface area contributed by atoms with Crippen LogP contribution in [0.1, 0.15) is 40.5 Å². The minimum atomic E-state index is -0.780. The second-order valence-electron chi connectivity index (χ2n) is 5.71. The molecule has 1 aliphatic rings. The van der Waals surface area contributed by atoms with Gasteiger partial charge in [-0.25, -0.2) is 4.79 Å². The van der Waals surface area contributed by atoms with Gasteiger partial charge in [0.2, 0.25) is 0 Å². The van der Waals surface area contributed by atoms with Gasteiger partial charge in [-0.3, -0.25) is 4.79 Å². The Bertz CT molecular complexity index is 308. The van der Waals surface area contributed by atoms with E-state index in [0.717, 1.165) is 0 Å². The van der Waals surface area contributed by atoms with E-state index in [4.69, 9.17) is 9.84 Å². The molecule has 0 aliphatic heterocycles.